The third-order valence-electron chi connectivity index (χ3n) is 2.79. The molecule has 0 spiro atoms. The van der Waals surface area contributed by atoms with Gasteiger partial charge in [-0.05, 0) is 11.6 Å². The van der Waals surface area contributed by atoms with Gasteiger partial charge in [0.1, 0.15) is 11.5 Å². The highest BCUT2D eigenvalue weighted by Gasteiger charge is 2.03. The van der Waals surface area contributed by atoms with Crippen LogP contribution in [0.3, 0.4) is 0 Å². The SMILES string of the molecule is COc1cc(NCc2ccccc2Cl)cc(OC)c1. The molecule has 0 heterocycles. The molecule has 100 valence electrons. The van der Waals surface area contributed by atoms with Crippen LogP contribution in [0.15, 0.2) is 42.5 Å². The van der Waals surface area contributed by atoms with Gasteiger partial charge in [-0.1, -0.05) is 29.8 Å². The normalized spacial score (nSPS) is 10.1. The van der Waals surface area contributed by atoms with Crippen LogP contribution >= 0.6 is 11.6 Å². The number of ether oxygens (including phenoxy) is 2. The molecule has 0 aliphatic heterocycles. The molecule has 0 saturated heterocycles. The number of benzene rings is 2. The summed E-state index contributed by atoms with van der Waals surface area (Å²) in [6.07, 6.45) is 0. The molecule has 0 bridgehead atoms. The Morgan fingerprint density at radius 1 is 1.00 bits per heavy atom. The number of halogens is 1. The molecule has 0 saturated carbocycles. The summed E-state index contributed by atoms with van der Waals surface area (Å²) in [6.45, 7) is 0.649. The zero-order valence-electron chi connectivity index (χ0n) is 10.9. The minimum atomic E-state index is 0.649. The van der Waals surface area contributed by atoms with E-state index in [2.05, 4.69) is 5.32 Å². The lowest BCUT2D eigenvalue weighted by atomic mass is 10.2. The highest BCUT2D eigenvalue weighted by atomic mass is 35.5. The lowest BCUT2D eigenvalue weighted by Gasteiger charge is -2.11. The second kappa shape index (κ2) is 6.34. The van der Waals surface area contributed by atoms with E-state index >= 15 is 0 Å². The van der Waals surface area contributed by atoms with Gasteiger partial charge in [0.2, 0.25) is 0 Å². The van der Waals surface area contributed by atoms with Crippen LogP contribution in [0, 0.1) is 0 Å². The Labute approximate surface area is 118 Å². The van der Waals surface area contributed by atoms with Crippen molar-refractivity contribution in [1.82, 2.24) is 0 Å². The van der Waals surface area contributed by atoms with E-state index in [0.29, 0.717) is 6.54 Å². The molecule has 3 nitrogen and oxygen atoms in total. The molecule has 0 unspecified atom stereocenters. The van der Waals surface area contributed by atoms with Crippen LogP contribution in [0.25, 0.3) is 0 Å². The first-order valence-electron chi connectivity index (χ1n) is 5.93. The minimum Gasteiger partial charge on any atom is -0.497 e. The van der Waals surface area contributed by atoms with Crippen molar-refractivity contribution < 1.29 is 9.47 Å². The molecule has 2 aromatic rings. The lowest BCUT2D eigenvalue weighted by molar-refractivity contribution is 0.394. The van der Waals surface area contributed by atoms with Crippen LogP contribution in [-0.4, -0.2) is 14.2 Å². The summed E-state index contributed by atoms with van der Waals surface area (Å²) < 4.78 is 10.5. The topological polar surface area (TPSA) is 30.5 Å². The summed E-state index contributed by atoms with van der Waals surface area (Å²) in [5, 5.41) is 4.06. The fourth-order valence-electron chi connectivity index (χ4n) is 1.75. The van der Waals surface area contributed by atoms with Gasteiger partial charge in [-0.2, -0.15) is 0 Å². The number of nitrogens with one attached hydrogen (secondary N) is 1. The fourth-order valence-corrected chi connectivity index (χ4v) is 1.95. The highest BCUT2D eigenvalue weighted by Crippen LogP contribution is 2.26. The Bertz CT molecular complexity index is 535. The largest absolute Gasteiger partial charge is 0.497 e. The molecule has 0 atom stereocenters. The molecule has 4 heteroatoms. The number of hydrogen-bond acceptors (Lipinski definition) is 3. The number of rotatable bonds is 5. The van der Waals surface area contributed by atoms with Gasteiger partial charge in [-0.15, -0.1) is 0 Å². The van der Waals surface area contributed by atoms with Crippen LogP contribution in [0.1, 0.15) is 5.56 Å². The van der Waals surface area contributed by atoms with E-state index in [-0.39, 0.29) is 0 Å². The van der Waals surface area contributed by atoms with Crippen molar-refractivity contribution in [3.8, 4) is 11.5 Å². The molecule has 2 aromatic carbocycles. The average Bonchev–Trinajstić information content (AvgIpc) is 2.46. The number of methoxy groups -OCH3 is 2. The van der Waals surface area contributed by atoms with Crippen LogP contribution in [0.2, 0.25) is 5.02 Å². The second-order valence-electron chi connectivity index (χ2n) is 4.05. The van der Waals surface area contributed by atoms with Crippen molar-refractivity contribution in [3.63, 3.8) is 0 Å². The zero-order chi connectivity index (χ0) is 13.7. The van der Waals surface area contributed by atoms with Gasteiger partial charge in [0.25, 0.3) is 0 Å². The summed E-state index contributed by atoms with van der Waals surface area (Å²) in [6, 6.07) is 13.4. The second-order valence-corrected chi connectivity index (χ2v) is 4.45. The summed E-state index contributed by atoms with van der Waals surface area (Å²) in [4.78, 5) is 0. The van der Waals surface area contributed by atoms with Gasteiger partial charge in [-0.25, -0.2) is 0 Å². The van der Waals surface area contributed by atoms with Crippen LogP contribution in [-0.2, 0) is 6.54 Å². The first-order valence-corrected chi connectivity index (χ1v) is 6.31. The third kappa shape index (κ3) is 3.55. The maximum Gasteiger partial charge on any atom is 0.124 e. The van der Waals surface area contributed by atoms with Crippen molar-refractivity contribution in [2.24, 2.45) is 0 Å². The minimum absolute atomic E-state index is 0.649. The third-order valence-corrected chi connectivity index (χ3v) is 3.16. The van der Waals surface area contributed by atoms with E-state index < -0.39 is 0 Å². The van der Waals surface area contributed by atoms with Gasteiger partial charge in [0, 0.05) is 35.5 Å². The van der Waals surface area contributed by atoms with Gasteiger partial charge in [0.05, 0.1) is 14.2 Å². The van der Waals surface area contributed by atoms with Gasteiger partial charge < -0.3 is 14.8 Å². The molecule has 1 N–H and O–H groups in total. The molecule has 0 aliphatic carbocycles. The highest BCUT2D eigenvalue weighted by molar-refractivity contribution is 6.31. The Kier molecular flexibility index (Phi) is 4.53. The summed E-state index contributed by atoms with van der Waals surface area (Å²) in [5.41, 5.74) is 1.97. The Balaban J connectivity index is 2.13. The number of hydrogen-bond donors (Lipinski definition) is 1. The maximum atomic E-state index is 6.12. The Hall–Kier alpha value is -1.87. The summed E-state index contributed by atoms with van der Waals surface area (Å²) in [7, 11) is 3.26. The summed E-state index contributed by atoms with van der Waals surface area (Å²) in [5.74, 6) is 1.50. The van der Waals surface area contributed by atoms with Crippen LogP contribution < -0.4 is 14.8 Å². The molecule has 0 aromatic heterocycles. The molecular formula is C15H16ClNO2. The van der Waals surface area contributed by atoms with Crippen molar-refractivity contribution in [2.45, 2.75) is 6.54 Å². The van der Waals surface area contributed by atoms with Crippen molar-refractivity contribution in [2.75, 3.05) is 19.5 Å². The van der Waals surface area contributed by atoms with E-state index in [1.165, 1.54) is 0 Å². The van der Waals surface area contributed by atoms with Crippen molar-refractivity contribution in [3.05, 3.63) is 53.1 Å². The van der Waals surface area contributed by atoms with Gasteiger partial charge in [0.15, 0.2) is 0 Å². The molecule has 19 heavy (non-hydrogen) atoms. The van der Waals surface area contributed by atoms with Crippen LogP contribution in [0.4, 0.5) is 5.69 Å². The maximum absolute atomic E-state index is 6.12. The standard InChI is InChI=1S/C15H16ClNO2/c1-18-13-7-12(8-14(9-13)19-2)17-10-11-5-3-4-6-15(11)16/h3-9,17H,10H2,1-2H3. The monoisotopic (exact) mass is 277 g/mol. The Morgan fingerprint density at radius 2 is 1.63 bits per heavy atom. The predicted molar refractivity (Wildman–Crippen MR) is 78.3 cm³/mol. The smallest absolute Gasteiger partial charge is 0.124 e. The first-order chi connectivity index (χ1) is 9.22. The van der Waals surface area contributed by atoms with Gasteiger partial charge in [-0.3, -0.25) is 0 Å². The molecule has 0 radical (unpaired) electrons. The molecule has 0 fully saturated rings. The quantitative estimate of drug-likeness (QED) is 0.897. The van der Waals surface area contributed by atoms with E-state index in [9.17, 15) is 0 Å². The predicted octanol–water partition coefficient (Wildman–Crippen LogP) is 3.97. The lowest BCUT2D eigenvalue weighted by Crippen LogP contribution is -2.00. The average molecular weight is 278 g/mol. The van der Waals surface area contributed by atoms with E-state index in [0.717, 1.165) is 27.8 Å². The Morgan fingerprint density at radius 3 is 2.21 bits per heavy atom. The van der Waals surface area contributed by atoms with E-state index in [1.807, 2.05) is 42.5 Å². The molecular weight excluding hydrogens is 262 g/mol. The molecule has 0 aliphatic rings. The summed E-state index contributed by atoms with van der Waals surface area (Å²) >= 11 is 6.12. The zero-order valence-corrected chi connectivity index (χ0v) is 11.7. The first kappa shape index (κ1) is 13.6. The number of anilines is 1. The van der Waals surface area contributed by atoms with Crippen LogP contribution in [0.5, 0.6) is 11.5 Å². The molecule has 2 rings (SSSR count). The van der Waals surface area contributed by atoms with E-state index in [4.69, 9.17) is 21.1 Å². The molecule has 0 amide bonds. The van der Waals surface area contributed by atoms with Gasteiger partial charge >= 0.3 is 0 Å². The fraction of sp³-hybridized carbons (Fsp3) is 0.200. The van der Waals surface area contributed by atoms with E-state index in [1.54, 1.807) is 14.2 Å². The van der Waals surface area contributed by atoms with Crippen molar-refractivity contribution >= 4 is 17.3 Å². The van der Waals surface area contributed by atoms with Crippen molar-refractivity contribution in [1.29, 1.82) is 0 Å².